The van der Waals surface area contributed by atoms with Crippen molar-refractivity contribution in [2.45, 2.75) is 24.9 Å². The molecule has 0 aliphatic carbocycles. The zero-order valence-corrected chi connectivity index (χ0v) is 16.7. The van der Waals surface area contributed by atoms with E-state index in [1.54, 1.807) is 11.0 Å². The van der Waals surface area contributed by atoms with Crippen LogP contribution in [0.3, 0.4) is 0 Å². The molecule has 150 valence electrons. The van der Waals surface area contributed by atoms with Gasteiger partial charge in [0, 0.05) is 10.6 Å². The molecule has 6 nitrogen and oxygen atoms in total. The first-order valence-electron chi connectivity index (χ1n) is 9.40. The van der Waals surface area contributed by atoms with Gasteiger partial charge in [-0.25, -0.2) is 9.67 Å². The molecule has 0 amide bonds. The Bertz CT molecular complexity index is 946. The van der Waals surface area contributed by atoms with Gasteiger partial charge in [0.15, 0.2) is 0 Å². The van der Waals surface area contributed by atoms with Crippen LogP contribution in [0.4, 0.5) is 0 Å². The SMILES string of the molecule is C=CCc1ccccc1OCC1COC(Cn2cncn2)(c2ccc(Cl)cc2)O1. The molecule has 0 spiro atoms. The van der Waals surface area contributed by atoms with Gasteiger partial charge in [0.05, 0.1) is 6.61 Å². The highest BCUT2D eigenvalue weighted by Crippen LogP contribution is 2.36. The molecule has 2 heterocycles. The second-order valence-electron chi connectivity index (χ2n) is 6.82. The number of halogens is 1. The second-order valence-corrected chi connectivity index (χ2v) is 7.25. The van der Waals surface area contributed by atoms with Crippen molar-refractivity contribution < 1.29 is 14.2 Å². The lowest BCUT2D eigenvalue weighted by Crippen LogP contribution is -2.34. The van der Waals surface area contributed by atoms with Gasteiger partial charge in [-0.05, 0) is 30.2 Å². The van der Waals surface area contributed by atoms with Crippen molar-refractivity contribution in [3.8, 4) is 5.75 Å². The summed E-state index contributed by atoms with van der Waals surface area (Å²) in [4.78, 5) is 4.01. The molecule has 0 bridgehead atoms. The number of nitrogens with zero attached hydrogens (tertiary/aromatic N) is 3. The van der Waals surface area contributed by atoms with Crippen LogP contribution >= 0.6 is 11.6 Å². The molecule has 1 fully saturated rings. The van der Waals surface area contributed by atoms with Gasteiger partial charge in [-0.15, -0.1) is 6.58 Å². The van der Waals surface area contributed by atoms with E-state index in [0.717, 1.165) is 23.3 Å². The fraction of sp³-hybridized carbons (Fsp3) is 0.273. The standard InChI is InChI=1S/C22H22ClN3O3/c1-2-5-17-6-3-4-7-21(17)27-12-20-13-28-22(29-20,14-26-16-24-15-25-26)18-8-10-19(23)11-9-18/h2-4,6-11,15-16,20H,1,5,12-14H2. The first-order valence-corrected chi connectivity index (χ1v) is 9.78. The van der Waals surface area contributed by atoms with Gasteiger partial charge in [-0.2, -0.15) is 5.10 Å². The lowest BCUT2D eigenvalue weighted by molar-refractivity contribution is -0.190. The summed E-state index contributed by atoms with van der Waals surface area (Å²) in [6.07, 6.45) is 5.51. The maximum atomic E-state index is 6.37. The smallest absolute Gasteiger partial charge is 0.215 e. The summed E-state index contributed by atoms with van der Waals surface area (Å²) >= 11 is 6.06. The largest absolute Gasteiger partial charge is 0.490 e. The van der Waals surface area contributed by atoms with E-state index >= 15 is 0 Å². The lowest BCUT2D eigenvalue weighted by atomic mass is 10.1. The third-order valence-corrected chi connectivity index (χ3v) is 4.99. The maximum absolute atomic E-state index is 6.37. The number of rotatable bonds is 8. The molecule has 0 saturated carbocycles. The number of ether oxygens (including phenoxy) is 3. The van der Waals surface area contributed by atoms with E-state index in [1.807, 2.05) is 54.6 Å². The summed E-state index contributed by atoms with van der Waals surface area (Å²) < 4.78 is 20.3. The van der Waals surface area contributed by atoms with E-state index < -0.39 is 5.79 Å². The van der Waals surface area contributed by atoms with Crippen molar-refractivity contribution >= 4 is 11.6 Å². The van der Waals surface area contributed by atoms with Crippen molar-refractivity contribution in [2.75, 3.05) is 13.2 Å². The molecule has 4 rings (SSSR count). The fourth-order valence-electron chi connectivity index (χ4n) is 3.36. The van der Waals surface area contributed by atoms with Gasteiger partial charge in [0.2, 0.25) is 5.79 Å². The first kappa shape index (κ1) is 19.6. The summed E-state index contributed by atoms with van der Waals surface area (Å²) in [7, 11) is 0. The Morgan fingerprint density at radius 1 is 1.24 bits per heavy atom. The monoisotopic (exact) mass is 411 g/mol. The summed E-state index contributed by atoms with van der Waals surface area (Å²) in [5, 5.41) is 4.85. The van der Waals surface area contributed by atoms with Crippen molar-refractivity contribution in [3.05, 3.63) is 90.0 Å². The summed E-state index contributed by atoms with van der Waals surface area (Å²) in [5.74, 6) is -0.149. The van der Waals surface area contributed by atoms with Crippen molar-refractivity contribution in [3.63, 3.8) is 0 Å². The highest BCUT2D eigenvalue weighted by Gasteiger charge is 2.44. The molecule has 3 aromatic rings. The van der Waals surface area contributed by atoms with Crippen LogP contribution in [0.15, 0.2) is 73.8 Å². The number of allylic oxidation sites excluding steroid dienone is 1. The third kappa shape index (κ3) is 4.50. The summed E-state index contributed by atoms with van der Waals surface area (Å²) in [5.41, 5.74) is 1.96. The average molecular weight is 412 g/mol. The van der Waals surface area contributed by atoms with Crippen LogP contribution in [0.5, 0.6) is 5.75 Å². The molecular weight excluding hydrogens is 390 g/mol. The van der Waals surface area contributed by atoms with Gasteiger partial charge in [-0.3, -0.25) is 0 Å². The van der Waals surface area contributed by atoms with Gasteiger partial charge >= 0.3 is 0 Å². The van der Waals surface area contributed by atoms with E-state index in [9.17, 15) is 0 Å². The van der Waals surface area contributed by atoms with Gasteiger partial charge in [0.1, 0.15) is 37.7 Å². The quantitative estimate of drug-likeness (QED) is 0.524. The topological polar surface area (TPSA) is 58.4 Å². The predicted molar refractivity (Wildman–Crippen MR) is 110 cm³/mol. The predicted octanol–water partition coefficient (Wildman–Crippen LogP) is 4.01. The highest BCUT2D eigenvalue weighted by molar-refractivity contribution is 6.30. The molecule has 1 aliphatic rings. The molecule has 0 N–H and O–H groups in total. The van der Waals surface area contributed by atoms with Crippen LogP contribution in [0.2, 0.25) is 5.02 Å². The Hall–Kier alpha value is -2.67. The minimum atomic E-state index is -0.979. The highest BCUT2D eigenvalue weighted by atomic mass is 35.5. The number of aromatic nitrogens is 3. The van der Waals surface area contributed by atoms with Crippen LogP contribution in [0.25, 0.3) is 0 Å². The molecule has 1 saturated heterocycles. The zero-order valence-electron chi connectivity index (χ0n) is 15.9. The van der Waals surface area contributed by atoms with Gasteiger partial charge in [0.25, 0.3) is 0 Å². The van der Waals surface area contributed by atoms with E-state index in [2.05, 4.69) is 16.7 Å². The van der Waals surface area contributed by atoms with E-state index in [4.69, 9.17) is 25.8 Å². The number of hydrogen-bond donors (Lipinski definition) is 0. The van der Waals surface area contributed by atoms with Crippen LogP contribution < -0.4 is 4.74 Å². The Morgan fingerprint density at radius 3 is 2.83 bits per heavy atom. The maximum Gasteiger partial charge on any atom is 0.215 e. The van der Waals surface area contributed by atoms with Crippen molar-refractivity contribution in [2.24, 2.45) is 0 Å². The number of benzene rings is 2. The lowest BCUT2D eigenvalue weighted by Gasteiger charge is -2.28. The molecule has 2 unspecified atom stereocenters. The molecule has 1 aromatic heterocycles. The number of hydrogen-bond acceptors (Lipinski definition) is 5. The van der Waals surface area contributed by atoms with Crippen LogP contribution in [-0.4, -0.2) is 34.1 Å². The molecule has 29 heavy (non-hydrogen) atoms. The fourth-order valence-corrected chi connectivity index (χ4v) is 3.48. The average Bonchev–Trinajstić information content (AvgIpc) is 3.39. The van der Waals surface area contributed by atoms with Crippen LogP contribution in [0.1, 0.15) is 11.1 Å². The Kier molecular flexibility index (Phi) is 5.94. The van der Waals surface area contributed by atoms with Crippen molar-refractivity contribution in [1.29, 1.82) is 0 Å². The Morgan fingerprint density at radius 2 is 2.07 bits per heavy atom. The molecule has 2 atom stereocenters. The molecule has 0 radical (unpaired) electrons. The molecule has 2 aromatic carbocycles. The Balaban J connectivity index is 1.50. The third-order valence-electron chi connectivity index (χ3n) is 4.74. The number of para-hydroxylation sites is 1. The first-order chi connectivity index (χ1) is 14.2. The van der Waals surface area contributed by atoms with Gasteiger partial charge in [-0.1, -0.05) is 48.0 Å². The van der Waals surface area contributed by atoms with Crippen molar-refractivity contribution in [1.82, 2.24) is 14.8 Å². The summed E-state index contributed by atoms with van der Waals surface area (Å²) in [6, 6.07) is 15.4. The minimum Gasteiger partial charge on any atom is -0.490 e. The van der Waals surface area contributed by atoms with E-state index in [-0.39, 0.29) is 6.10 Å². The Labute approximate surface area is 174 Å². The van der Waals surface area contributed by atoms with Crippen LogP contribution in [-0.2, 0) is 28.2 Å². The van der Waals surface area contributed by atoms with Crippen LogP contribution in [0, 0.1) is 0 Å². The molecule has 1 aliphatic heterocycles. The molecule has 7 heteroatoms. The minimum absolute atomic E-state index is 0.231. The zero-order chi connectivity index (χ0) is 20.1. The normalized spacial score (nSPS) is 21.2. The summed E-state index contributed by atoms with van der Waals surface area (Å²) in [6.45, 7) is 4.96. The van der Waals surface area contributed by atoms with E-state index in [1.165, 1.54) is 6.33 Å². The van der Waals surface area contributed by atoms with Gasteiger partial charge < -0.3 is 14.2 Å². The molecular formula is C22H22ClN3O3. The second kappa shape index (κ2) is 8.78. The van der Waals surface area contributed by atoms with E-state index in [0.29, 0.717) is 24.8 Å².